The van der Waals surface area contributed by atoms with E-state index in [0.717, 1.165) is 11.3 Å². The number of carboxylic acid groups (broad SMARTS) is 1. The first-order chi connectivity index (χ1) is 9.60. The van der Waals surface area contributed by atoms with Gasteiger partial charge in [0.05, 0.1) is 7.11 Å². The minimum absolute atomic E-state index is 0.191. The summed E-state index contributed by atoms with van der Waals surface area (Å²) in [4.78, 5) is 12.2. The zero-order valence-electron chi connectivity index (χ0n) is 11.4. The molecule has 104 valence electrons. The molecule has 0 saturated heterocycles. The molecule has 0 aliphatic carbocycles. The number of benzene rings is 2. The Hall–Kier alpha value is -1.94. The van der Waals surface area contributed by atoms with Gasteiger partial charge in [0.1, 0.15) is 11.3 Å². The predicted octanol–water partition coefficient (Wildman–Crippen LogP) is 3.99. The molecule has 0 atom stereocenters. The summed E-state index contributed by atoms with van der Waals surface area (Å²) in [6.07, 6.45) is 0. The molecule has 1 N–H and O–H groups in total. The van der Waals surface area contributed by atoms with Gasteiger partial charge in [0.15, 0.2) is 0 Å². The molecule has 0 aromatic heterocycles. The summed E-state index contributed by atoms with van der Waals surface area (Å²) in [6.45, 7) is 2.06. The van der Waals surface area contributed by atoms with Crippen molar-refractivity contribution in [3.63, 3.8) is 0 Å². The van der Waals surface area contributed by atoms with E-state index in [2.05, 4.69) is 31.2 Å². The normalized spacial score (nSPS) is 10.3. The smallest absolute Gasteiger partial charge is 0.339 e. The van der Waals surface area contributed by atoms with E-state index in [1.54, 1.807) is 23.9 Å². The maximum Gasteiger partial charge on any atom is 0.339 e. The summed E-state index contributed by atoms with van der Waals surface area (Å²) < 4.78 is 5.12. The number of rotatable bonds is 5. The molecule has 0 saturated carbocycles. The number of carbonyl (C=O) groups is 1. The van der Waals surface area contributed by atoms with Gasteiger partial charge in [0.25, 0.3) is 0 Å². The Morgan fingerprint density at radius 3 is 2.50 bits per heavy atom. The zero-order valence-corrected chi connectivity index (χ0v) is 12.2. The second-order valence-electron chi connectivity index (χ2n) is 4.44. The van der Waals surface area contributed by atoms with E-state index in [-0.39, 0.29) is 5.56 Å². The number of aryl methyl sites for hydroxylation is 1. The van der Waals surface area contributed by atoms with Gasteiger partial charge in [-0.05, 0) is 36.8 Å². The summed E-state index contributed by atoms with van der Waals surface area (Å²) in [6, 6.07) is 13.5. The fourth-order valence-corrected chi connectivity index (χ4v) is 2.64. The van der Waals surface area contributed by atoms with Crippen LogP contribution in [-0.2, 0) is 5.75 Å². The van der Waals surface area contributed by atoms with Gasteiger partial charge in [-0.3, -0.25) is 0 Å². The van der Waals surface area contributed by atoms with Gasteiger partial charge in [-0.15, -0.1) is 11.8 Å². The van der Waals surface area contributed by atoms with E-state index in [1.165, 1.54) is 17.6 Å². The van der Waals surface area contributed by atoms with Crippen LogP contribution in [0.5, 0.6) is 5.75 Å². The topological polar surface area (TPSA) is 46.5 Å². The first-order valence-corrected chi connectivity index (χ1v) is 7.18. The van der Waals surface area contributed by atoms with E-state index in [9.17, 15) is 4.79 Å². The maximum absolute atomic E-state index is 11.0. The van der Waals surface area contributed by atoms with E-state index < -0.39 is 5.97 Å². The fraction of sp³-hybridized carbons (Fsp3) is 0.188. The van der Waals surface area contributed by atoms with Crippen LogP contribution in [0.3, 0.4) is 0 Å². The molecule has 0 bridgehead atoms. The Kier molecular flexibility index (Phi) is 4.69. The molecule has 4 heteroatoms. The van der Waals surface area contributed by atoms with Crippen LogP contribution in [0.25, 0.3) is 0 Å². The van der Waals surface area contributed by atoms with Crippen molar-refractivity contribution in [1.29, 1.82) is 0 Å². The van der Waals surface area contributed by atoms with E-state index in [0.29, 0.717) is 5.75 Å². The van der Waals surface area contributed by atoms with Crippen molar-refractivity contribution >= 4 is 17.7 Å². The van der Waals surface area contributed by atoms with Crippen LogP contribution >= 0.6 is 11.8 Å². The average Bonchev–Trinajstić information content (AvgIpc) is 2.46. The van der Waals surface area contributed by atoms with Crippen LogP contribution < -0.4 is 4.74 Å². The molecule has 0 unspecified atom stereocenters. The lowest BCUT2D eigenvalue weighted by atomic mass is 10.1. The lowest BCUT2D eigenvalue weighted by molar-refractivity contribution is 0.0693. The Morgan fingerprint density at radius 1 is 1.20 bits per heavy atom. The first kappa shape index (κ1) is 14.5. The van der Waals surface area contributed by atoms with Gasteiger partial charge >= 0.3 is 5.97 Å². The summed E-state index contributed by atoms with van der Waals surface area (Å²) in [5.74, 6) is 0.207. The van der Waals surface area contributed by atoms with Crippen molar-refractivity contribution in [1.82, 2.24) is 0 Å². The maximum atomic E-state index is 11.0. The van der Waals surface area contributed by atoms with Crippen molar-refractivity contribution in [3.05, 3.63) is 59.2 Å². The molecule has 0 fully saturated rings. The third-order valence-corrected chi connectivity index (χ3v) is 4.01. The molecule has 3 nitrogen and oxygen atoms in total. The molecule has 0 aliphatic heterocycles. The summed E-state index contributed by atoms with van der Waals surface area (Å²) in [7, 11) is 1.48. The molecule has 0 aliphatic rings. The molecule has 2 rings (SSSR count). The first-order valence-electron chi connectivity index (χ1n) is 6.20. The van der Waals surface area contributed by atoms with Gasteiger partial charge in [-0.1, -0.05) is 23.8 Å². The zero-order chi connectivity index (χ0) is 14.5. The van der Waals surface area contributed by atoms with Crippen molar-refractivity contribution in [2.24, 2.45) is 0 Å². The third kappa shape index (κ3) is 3.54. The molecule has 20 heavy (non-hydrogen) atoms. The molecular formula is C16H16O3S. The lowest BCUT2D eigenvalue weighted by Crippen LogP contribution is -2.00. The van der Waals surface area contributed by atoms with Crippen LogP contribution in [0, 0.1) is 6.92 Å². The minimum atomic E-state index is -0.973. The van der Waals surface area contributed by atoms with Crippen molar-refractivity contribution in [2.45, 2.75) is 17.6 Å². The number of aromatic carboxylic acids is 1. The van der Waals surface area contributed by atoms with Gasteiger partial charge in [0, 0.05) is 10.6 Å². The fourth-order valence-electron chi connectivity index (χ4n) is 1.80. The molecular weight excluding hydrogens is 272 g/mol. The number of ether oxygens (including phenoxy) is 1. The van der Waals surface area contributed by atoms with Gasteiger partial charge in [-0.25, -0.2) is 4.79 Å². The number of thioether (sulfide) groups is 1. The highest BCUT2D eigenvalue weighted by molar-refractivity contribution is 7.98. The number of carboxylic acids is 1. The lowest BCUT2D eigenvalue weighted by Gasteiger charge is -2.08. The van der Waals surface area contributed by atoms with Crippen LogP contribution in [0.2, 0.25) is 0 Å². The molecule has 0 amide bonds. The molecule has 0 radical (unpaired) electrons. The quantitative estimate of drug-likeness (QED) is 0.845. The Bertz CT molecular complexity index is 606. The Labute approximate surface area is 122 Å². The Balaban J connectivity index is 2.10. The third-order valence-electron chi connectivity index (χ3n) is 2.92. The number of hydrogen-bond donors (Lipinski definition) is 1. The predicted molar refractivity (Wildman–Crippen MR) is 80.7 cm³/mol. The second-order valence-corrected chi connectivity index (χ2v) is 5.49. The van der Waals surface area contributed by atoms with Gasteiger partial charge in [0.2, 0.25) is 0 Å². The highest BCUT2D eigenvalue weighted by Gasteiger charge is 2.11. The molecule has 2 aromatic carbocycles. The Morgan fingerprint density at radius 2 is 1.90 bits per heavy atom. The second kappa shape index (κ2) is 6.48. The van der Waals surface area contributed by atoms with E-state index >= 15 is 0 Å². The van der Waals surface area contributed by atoms with Crippen LogP contribution in [-0.4, -0.2) is 18.2 Å². The highest BCUT2D eigenvalue weighted by atomic mass is 32.2. The minimum Gasteiger partial charge on any atom is -0.496 e. The average molecular weight is 288 g/mol. The van der Waals surface area contributed by atoms with Crippen LogP contribution in [0.4, 0.5) is 0 Å². The van der Waals surface area contributed by atoms with Crippen molar-refractivity contribution in [3.8, 4) is 5.75 Å². The van der Waals surface area contributed by atoms with E-state index in [1.807, 2.05) is 6.07 Å². The summed E-state index contributed by atoms with van der Waals surface area (Å²) >= 11 is 1.71. The monoisotopic (exact) mass is 288 g/mol. The van der Waals surface area contributed by atoms with Crippen molar-refractivity contribution < 1.29 is 14.6 Å². The van der Waals surface area contributed by atoms with Gasteiger partial charge in [-0.2, -0.15) is 0 Å². The van der Waals surface area contributed by atoms with Crippen LogP contribution in [0.15, 0.2) is 47.4 Å². The van der Waals surface area contributed by atoms with Crippen LogP contribution in [0.1, 0.15) is 21.5 Å². The van der Waals surface area contributed by atoms with Gasteiger partial charge < -0.3 is 9.84 Å². The SMILES string of the molecule is COc1cc(CSc2ccc(C)cc2)ccc1C(=O)O. The number of methoxy groups -OCH3 is 1. The summed E-state index contributed by atoms with van der Waals surface area (Å²) in [5, 5.41) is 9.04. The van der Waals surface area contributed by atoms with E-state index in [4.69, 9.17) is 9.84 Å². The number of hydrogen-bond acceptors (Lipinski definition) is 3. The molecule has 0 heterocycles. The molecule has 0 spiro atoms. The summed E-state index contributed by atoms with van der Waals surface area (Å²) in [5.41, 5.74) is 2.47. The largest absolute Gasteiger partial charge is 0.496 e. The standard InChI is InChI=1S/C16H16O3S/c1-11-3-6-13(7-4-11)20-10-12-5-8-14(16(17)18)15(9-12)19-2/h3-9H,10H2,1-2H3,(H,17,18). The highest BCUT2D eigenvalue weighted by Crippen LogP contribution is 2.26. The molecule has 2 aromatic rings. The van der Waals surface area contributed by atoms with Crippen molar-refractivity contribution in [2.75, 3.05) is 7.11 Å².